The Balaban J connectivity index is 1.63. The Morgan fingerprint density at radius 3 is 2.77 bits per heavy atom. The van der Waals surface area contributed by atoms with Crippen molar-refractivity contribution in [1.29, 1.82) is 0 Å². The lowest BCUT2D eigenvalue weighted by atomic mass is 9.81. The van der Waals surface area contributed by atoms with Gasteiger partial charge in [0.25, 0.3) is 0 Å². The van der Waals surface area contributed by atoms with Crippen LogP contribution in [0.1, 0.15) is 30.0 Å². The largest absolute Gasteiger partial charge is 0.493 e. The standard InChI is InChI=1S/C23H25N3O3S/c1-15-4-6-17(7-5-15)29-20-13-18-16(12-19(20)28-3)8-9-25-23(18,2)14-21(27)26-22-24-10-11-30-22/h4-7,10-13,25H,8-9,14H2,1-3H3,(H,24,26,27)/t23-/m1/s1. The number of thiazole rings is 1. The number of amides is 1. The summed E-state index contributed by atoms with van der Waals surface area (Å²) in [4.78, 5) is 16.8. The maximum Gasteiger partial charge on any atom is 0.228 e. The molecule has 1 aliphatic heterocycles. The minimum atomic E-state index is -0.521. The Kier molecular flexibility index (Phi) is 5.74. The number of fused-ring (bicyclic) bond motifs is 1. The minimum Gasteiger partial charge on any atom is -0.493 e. The van der Waals surface area contributed by atoms with Gasteiger partial charge in [-0.2, -0.15) is 0 Å². The molecule has 30 heavy (non-hydrogen) atoms. The van der Waals surface area contributed by atoms with Gasteiger partial charge in [-0.3, -0.25) is 4.79 Å². The third-order valence-electron chi connectivity index (χ3n) is 5.34. The molecule has 0 saturated carbocycles. The fraction of sp³-hybridized carbons (Fsp3) is 0.304. The number of methoxy groups -OCH3 is 1. The summed E-state index contributed by atoms with van der Waals surface area (Å²) in [5, 5.41) is 8.85. The fourth-order valence-corrected chi connectivity index (χ4v) is 4.34. The van der Waals surface area contributed by atoms with Gasteiger partial charge < -0.3 is 20.1 Å². The van der Waals surface area contributed by atoms with Crippen LogP contribution in [0.15, 0.2) is 48.0 Å². The highest BCUT2D eigenvalue weighted by molar-refractivity contribution is 7.13. The van der Waals surface area contributed by atoms with Crippen molar-refractivity contribution in [1.82, 2.24) is 10.3 Å². The molecule has 0 spiro atoms. The summed E-state index contributed by atoms with van der Waals surface area (Å²) in [6.45, 7) is 4.88. The number of nitrogens with zero attached hydrogens (tertiary/aromatic N) is 1. The van der Waals surface area contributed by atoms with Crippen LogP contribution in [-0.4, -0.2) is 24.5 Å². The predicted molar refractivity (Wildman–Crippen MR) is 119 cm³/mol. The number of benzene rings is 2. The first-order valence-corrected chi connectivity index (χ1v) is 10.7. The van der Waals surface area contributed by atoms with Crippen LogP contribution in [0, 0.1) is 6.92 Å². The number of aryl methyl sites for hydroxylation is 1. The molecule has 6 nitrogen and oxygen atoms in total. The fourth-order valence-electron chi connectivity index (χ4n) is 3.79. The lowest BCUT2D eigenvalue weighted by Crippen LogP contribution is -2.47. The third-order valence-corrected chi connectivity index (χ3v) is 6.02. The number of carbonyl (C=O) groups is 1. The summed E-state index contributed by atoms with van der Waals surface area (Å²) in [6.07, 6.45) is 2.83. The van der Waals surface area contributed by atoms with Crippen LogP contribution in [0.2, 0.25) is 0 Å². The Bertz CT molecular complexity index is 1030. The Labute approximate surface area is 180 Å². The lowest BCUT2D eigenvalue weighted by molar-refractivity contribution is -0.117. The molecule has 156 valence electrons. The van der Waals surface area contributed by atoms with Crippen molar-refractivity contribution in [3.8, 4) is 17.2 Å². The van der Waals surface area contributed by atoms with E-state index in [9.17, 15) is 4.79 Å². The molecule has 0 unspecified atom stereocenters. The molecule has 1 atom stereocenters. The number of ether oxygens (including phenoxy) is 2. The van der Waals surface area contributed by atoms with Gasteiger partial charge in [-0.15, -0.1) is 11.3 Å². The van der Waals surface area contributed by atoms with E-state index in [1.807, 2.05) is 48.7 Å². The van der Waals surface area contributed by atoms with Gasteiger partial charge in [0.1, 0.15) is 5.75 Å². The summed E-state index contributed by atoms with van der Waals surface area (Å²) >= 11 is 1.41. The van der Waals surface area contributed by atoms with Crippen LogP contribution >= 0.6 is 11.3 Å². The molecular weight excluding hydrogens is 398 g/mol. The number of aromatic nitrogens is 1. The first kappa shape index (κ1) is 20.4. The van der Waals surface area contributed by atoms with Crippen molar-refractivity contribution in [2.75, 3.05) is 19.0 Å². The molecule has 2 aromatic carbocycles. The van der Waals surface area contributed by atoms with Gasteiger partial charge in [-0.25, -0.2) is 4.98 Å². The van der Waals surface area contributed by atoms with Crippen molar-refractivity contribution in [3.63, 3.8) is 0 Å². The van der Waals surface area contributed by atoms with E-state index in [2.05, 4.69) is 22.5 Å². The first-order valence-electron chi connectivity index (χ1n) is 9.87. The van der Waals surface area contributed by atoms with Crippen molar-refractivity contribution >= 4 is 22.4 Å². The SMILES string of the molecule is COc1cc2c(cc1Oc1ccc(C)cc1)[C@@](C)(CC(=O)Nc1nccs1)NCC2. The van der Waals surface area contributed by atoms with Crippen molar-refractivity contribution in [2.24, 2.45) is 0 Å². The third kappa shape index (κ3) is 4.32. The van der Waals surface area contributed by atoms with E-state index >= 15 is 0 Å². The zero-order valence-electron chi connectivity index (χ0n) is 17.3. The highest BCUT2D eigenvalue weighted by atomic mass is 32.1. The van der Waals surface area contributed by atoms with Gasteiger partial charge in [0, 0.05) is 30.1 Å². The molecule has 0 bridgehead atoms. The molecule has 1 amide bonds. The van der Waals surface area contributed by atoms with Gasteiger partial charge in [0.05, 0.1) is 7.11 Å². The van der Waals surface area contributed by atoms with Gasteiger partial charge in [-0.1, -0.05) is 17.7 Å². The van der Waals surface area contributed by atoms with E-state index in [-0.39, 0.29) is 12.3 Å². The lowest BCUT2D eigenvalue weighted by Gasteiger charge is -2.37. The van der Waals surface area contributed by atoms with E-state index in [4.69, 9.17) is 9.47 Å². The van der Waals surface area contributed by atoms with E-state index in [0.717, 1.165) is 29.8 Å². The number of carbonyl (C=O) groups excluding carboxylic acids is 1. The highest BCUT2D eigenvalue weighted by Crippen LogP contribution is 2.41. The van der Waals surface area contributed by atoms with Crippen molar-refractivity contribution in [2.45, 2.75) is 32.2 Å². The number of hydrogen-bond donors (Lipinski definition) is 2. The van der Waals surface area contributed by atoms with Gasteiger partial charge in [0.2, 0.25) is 5.91 Å². The monoisotopic (exact) mass is 423 g/mol. The zero-order chi connectivity index (χ0) is 21.1. The summed E-state index contributed by atoms with van der Waals surface area (Å²) in [5.41, 5.74) is 2.85. The molecule has 0 fully saturated rings. The van der Waals surface area contributed by atoms with E-state index in [0.29, 0.717) is 16.6 Å². The minimum absolute atomic E-state index is 0.0791. The average molecular weight is 424 g/mol. The Hall–Kier alpha value is -2.90. The second kappa shape index (κ2) is 8.45. The molecular formula is C23H25N3O3S. The molecule has 0 saturated heterocycles. The topological polar surface area (TPSA) is 72.5 Å². The van der Waals surface area contributed by atoms with E-state index in [1.165, 1.54) is 16.9 Å². The number of hydrogen-bond acceptors (Lipinski definition) is 6. The molecule has 2 N–H and O–H groups in total. The number of anilines is 1. The zero-order valence-corrected chi connectivity index (χ0v) is 18.1. The number of nitrogens with one attached hydrogen (secondary N) is 2. The maximum absolute atomic E-state index is 12.7. The molecule has 7 heteroatoms. The smallest absolute Gasteiger partial charge is 0.228 e. The molecule has 4 rings (SSSR count). The summed E-state index contributed by atoms with van der Waals surface area (Å²) < 4.78 is 11.7. The summed E-state index contributed by atoms with van der Waals surface area (Å²) in [5.74, 6) is 1.98. The Morgan fingerprint density at radius 1 is 1.27 bits per heavy atom. The molecule has 2 heterocycles. The van der Waals surface area contributed by atoms with E-state index in [1.54, 1.807) is 13.3 Å². The molecule has 3 aromatic rings. The summed E-state index contributed by atoms with van der Waals surface area (Å²) in [7, 11) is 1.64. The normalized spacial score (nSPS) is 17.8. The predicted octanol–water partition coefficient (Wildman–Crippen LogP) is 4.64. The second-order valence-electron chi connectivity index (χ2n) is 7.65. The van der Waals surface area contributed by atoms with Crippen LogP contribution in [0.25, 0.3) is 0 Å². The molecule has 1 aromatic heterocycles. The molecule has 0 aliphatic carbocycles. The van der Waals surface area contributed by atoms with Crippen LogP contribution in [0.5, 0.6) is 17.2 Å². The van der Waals surface area contributed by atoms with Crippen LogP contribution in [-0.2, 0) is 16.8 Å². The van der Waals surface area contributed by atoms with E-state index < -0.39 is 5.54 Å². The van der Waals surface area contributed by atoms with Gasteiger partial charge in [-0.05, 0) is 55.7 Å². The second-order valence-corrected chi connectivity index (χ2v) is 8.54. The number of rotatable bonds is 6. The first-order chi connectivity index (χ1) is 14.5. The van der Waals surface area contributed by atoms with Crippen LogP contribution < -0.4 is 20.1 Å². The highest BCUT2D eigenvalue weighted by Gasteiger charge is 2.35. The van der Waals surface area contributed by atoms with Crippen molar-refractivity contribution in [3.05, 3.63) is 64.7 Å². The maximum atomic E-state index is 12.7. The quantitative estimate of drug-likeness (QED) is 0.604. The molecule has 1 aliphatic rings. The van der Waals surface area contributed by atoms with Crippen LogP contribution in [0.4, 0.5) is 5.13 Å². The Morgan fingerprint density at radius 2 is 2.07 bits per heavy atom. The molecule has 0 radical (unpaired) electrons. The van der Waals surface area contributed by atoms with Crippen molar-refractivity contribution < 1.29 is 14.3 Å². The van der Waals surface area contributed by atoms with Crippen LogP contribution in [0.3, 0.4) is 0 Å². The summed E-state index contributed by atoms with van der Waals surface area (Å²) in [6, 6.07) is 11.9. The van der Waals surface area contributed by atoms with Gasteiger partial charge >= 0.3 is 0 Å². The average Bonchev–Trinajstić information content (AvgIpc) is 3.22. The van der Waals surface area contributed by atoms with Gasteiger partial charge in [0.15, 0.2) is 16.6 Å².